The molecular formula is C23H15BrFNO3. The summed E-state index contributed by atoms with van der Waals surface area (Å²) in [6, 6.07) is 21.1. The Labute approximate surface area is 175 Å². The van der Waals surface area contributed by atoms with E-state index in [9.17, 15) is 9.18 Å². The van der Waals surface area contributed by atoms with Gasteiger partial charge in [0.05, 0.1) is 10.0 Å². The summed E-state index contributed by atoms with van der Waals surface area (Å²) in [5.41, 5.74) is 3.21. The van der Waals surface area contributed by atoms with E-state index in [0.717, 1.165) is 16.7 Å². The molecule has 0 N–H and O–H groups in total. The van der Waals surface area contributed by atoms with E-state index in [2.05, 4.69) is 21.1 Å². The van der Waals surface area contributed by atoms with Gasteiger partial charge in [0.1, 0.15) is 23.9 Å². The normalized spacial score (nSPS) is 14.6. The quantitative estimate of drug-likeness (QED) is 0.379. The Bertz CT molecular complexity index is 1130. The molecule has 0 bridgehead atoms. The molecule has 0 spiro atoms. The van der Waals surface area contributed by atoms with E-state index < -0.39 is 5.97 Å². The van der Waals surface area contributed by atoms with Gasteiger partial charge < -0.3 is 9.57 Å². The molecule has 0 aromatic heterocycles. The van der Waals surface area contributed by atoms with Crippen LogP contribution in [-0.2, 0) is 16.2 Å². The third kappa shape index (κ3) is 4.43. The molecule has 144 valence electrons. The number of hydrogen-bond donors (Lipinski definition) is 0. The van der Waals surface area contributed by atoms with Crippen LogP contribution in [0.1, 0.15) is 16.7 Å². The van der Waals surface area contributed by atoms with Crippen molar-refractivity contribution in [2.75, 3.05) is 0 Å². The van der Waals surface area contributed by atoms with Gasteiger partial charge in [-0.15, -0.1) is 0 Å². The average molecular weight is 452 g/mol. The summed E-state index contributed by atoms with van der Waals surface area (Å²) in [6.45, 7) is 0.244. The number of benzene rings is 3. The van der Waals surface area contributed by atoms with Crippen LogP contribution in [0.5, 0.6) is 5.75 Å². The Hall–Kier alpha value is -3.25. The summed E-state index contributed by atoms with van der Waals surface area (Å²) in [7, 11) is 0. The Balaban J connectivity index is 1.54. The first kappa shape index (κ1) is 19.1. The molecule has 0 saturated heterocycles. The van der Waals surface area contributed by atoms with Crippen LogP contribution in [0.15, 0.2) is 88.0 Å². The molecule has 0 atom stereocenters. The van der Waals surface area contributed by atoms with E-state index in [1.54, 1.807) is 24.3 Å². The molecular weight excluding hydrogens is 437 g/mol. The Morgan fingerprint density at radius 2 is 1.86 bits per heavy atom. The molecule has 4 nitrogen and oxygen atoms in total. The van der Waals surface area contributed by atoms with Gasteiger partial charge in [0.25, 0.3) is 0 Å². The third-order valence-electron chi connectivity index (χ3n) is 4.29. The lowest BCUT2D eigenvalue weighted by atomic mass is 10.0. The van der Waals surface area contributed by atoms with Gasteiger partial charge in [-0.25, -0.2) is 9.18 Å². The van der Waals surface area contributed by atoms with Crippen molar-refractivity contribution in [3.8, 4) is 5.75 Å². The molecule has 1 heterocycles. The van der Waals surface area contributed by atoms with E-state index in [4.69, 9.17) is 9.57 Å². The van der Waals surface area contributed by atoms with Crippen molar-refractivity contribution in [1.82, 2.24) is 0 Å². The number of carbonyl (C=O) groups is 1. The van der Waals surface area contributed by atoms with Gasteiger partial charge in [-0.1, -0.05) is 53.7 Å². The summed E-state index contributed by atoms with van der Waals surface area (Å²) in [5, 5.41) is 3.91. The maximum absolute atomic E-state index is 13.3. The summed E-state index contributed by atoms with van der Waals surface area (Å²) in [4.78, 5) is 17.0. The third-order valence-corrected chi connectivity index (χ3v) is 4.91. The van der Waals surface area contributed by atoms with E-state index in [1.165, 1.54) is 12.1 Å². The zero-order valence-electron chi connectivity index (χ0n) is 15.1. The summed E-state index contributed by atoms with van der Waals surface area (Å²) in [5.74, 6) is -0.180. The fourth-order valence-electron chi connectivity index (χ4n) is 2.89. The zero-order chi connectivity index (χ0) is 20.2. The number of hydrogen-bond acceptors (Lipinski definition) is 4. The van der Waals surface area contributed by atoms with Crippen LogP contribution in [-0.4, -0.2) is 11.7 Å². The molecule has 0 unspecified atom stereocenters. The molecule has 0 radical (unpaired) electrons. The predicted molar refractivity (Wildman–Crippen MR) is 112 cm³/mol. The molecule has 0 aliphatic carbocycles. The SMILES string of the molecule is O=C1ON=C(c2ccccc2)/C1=C/c1ccc(OCc2cccc(F)c2)c(Br)c1. The molecule has 3 aromatic carbocycles. The Morgan fingerprint density at radius 3 is 2.62 bits per heavy atom. The summed E-state index contributed by atoms with van der Waals surface area (Å²) >= 11 is 3.48. The lowest BCUT2D eigenvalue weighted by molar-refractivity contribution is -0.136. The largest absolute Gasteiger partial charge is 0.488 e. The van der Waals surface area contributed by atoms with Crippen molar-refractivity contribution in [3.63, 3.8) is 0 Å². The first-order valence-electron chi connectivity index (χ1n) is 8.84. The van der Waals surface area contributed by atoms with Crippen molar-refractivity contribution >= 4 is 33.7 Å². The monoisotopic (exact) mass is 451 g/mol. The zero-order valence-corrected chi connectivity index (χ0v) is 16.7. The molecule has 1 aliphatic rings. The van der Waals surface area contributed by atoms with Crippen LogP contribution in [0, 0.1) is 5.82 Å². The van der Waals surface area contributed by atoms with Crippen molar-refractivity contribution in [1.29, 1.82) is 0 Å². The second-order valence-corrected chi connectivity index (χ2v) is 7.21. The molecule has 29 heavy (non-hydrogen) atoms. The van der Waals surface area contributed by atoms with E-state index >= 15 is 0 Å². The highest BCUT2D eigenvalue weighted by Gasteiger charge is 2.26. The van der Waals surface area contributed by atoms with Gasteiger partial charge >= 0.3 is 5.97 Å². The number of carbonyl (C=O) groups excluding carboxylic acids is 1. The minimum Gasteiger partial charge on any atom is -0.488 e. The highest BCUT2D eigenvalue weighted by atomic mass is 79.9. The van der Waals surface area contributed by atoms with E-state index in [1.807, 2.05) is 42.5 Å². The number of nitrogens with zero attached hydrogens (tertiary/aromatic N) is 1. The van der Waals surface area contributed by atoms with Crippen molar-refractivity contribution in [2.24, 2.45) is 5.16 Å². The molecule has 4 rings (SSSR count). The van der Waals surface area contributed by atoms with Gasteiger partial charge in [-0.2, -0.15) is 0 Å². The molecule has 0 saturated carbocycles. The first-order chi connectivity index (χ1) is 14.1. The Kier molecular flexibility index (Phi) is 5.53. The van der Waals surface area contributed by atoms with Crippen molar-refractivity contribution < 1.29 is 18.8 Å². The van der Waals surface area contributed by atoms with Crippen molar-refractivity contribution in [3.05, 3.63) is 105 Å². The van der Waals surface area contributed by atoms with Crippen LogP contribution >= 0.6 is 15.9 Å². The second kappa shape index (κ2) is 8.41. The maximum Gasteiger partial charge on any atom is 0.368 e. The Morgan fingerprint density at radius 1 is 1.03 bits per heavy atom. The predicted octanol–water partition coefficient (Wildman–Crippen LogP) is 5.51. The van der Waals surface area contributed by atoms with E-state index in [0.29, 0.717) is 21.5 Å². The molecule has 6 heteroatoms. The number of halogens is 2. The van der Waals surface area contributed by atoms with Crippen LogP contribution in [0.25, 0.3) is 6.08 Å². The smallest absolute Gasteiger partial charge is 0.368 e. The minimum absolute atomic E-state index is 0.244. The van der Waals surface area contributed by atoms with Crippen LogP contribution < -0.4 is 4.74 Å². The fraction of sp³-hybridized carbons (Fsp3) is 0.0435. The highest BCUT2D eigenvalue weighted by Crippen LogP contribution is 2.29. The highest BCUT2D eigenvalue weighted by molar-refractivity contribution is 9.10. The second-order valence-electron chi connectivity index (χ2n) is 6.35. The lowest BCUT2D eigenvalue weighted by Crippen LogP contribution is -2.06. The fourth-order valence-corrected chi connectivity index (χ4v) is 3.40. The molecule has 3 aromatic rings. The molecule has 0 fully saturated rings. The molecule has 0 amide bonds. The van der Waals surface area contributed by atoms with Crippen molar-refractivity contribution in [2.45, 2.75) is 6.61 Å². The average Bonchev–Trinajstić information content (AvgIpc) is 3.08. The summed E-state index contributed by atoms with van der Waals surface area (Å²) in [6.07, 6.45) is 1.72. The maximum atomic E-state index is 13.3. The van der Waals surface area contributed by atoms with Crippen LogP contribution in [0.3, 0.4) is 0 Å². The topological polar surface area (TPSA) is 47.9 Å². The van der Waals surface area contributed by atoms with Gasteiger partial charge in [0, 0.05) is 5.56 Å². The number of ether oxygens (including phenoxy) is 1. The summed E-state index contributed by atoms with van der Waals surface area (Å²) < 4.78 is 19.8. The van der Waals surface area contributed by atoms with E-state index in [-0.39, 0.29) is 12.4 Å². The van der Waals surface area contributed by atoms with Gasteiger partial charge in [-0.3, -0.25) is 0 Å². The van der Waals surface area contributed by atoms with Crippen LogP contribution in [0.4, 0.5) is 4.39 Å². The first-order valence-corrected chi connectivity index (χ1v) is 9.63. The van der Waals surface area contributed by atoms with Gasteiger partial charge in [0.15, 0.2) is 0 Å². The van der Waals surface area contributed by atoms with Gasteiger partial charge in [-0.05, 0) is 57.4 Å². The number of rotatable bonds is 5. The standard InChI is InChI=1S/C23H15BrFNO3/c24-20-13-15(9-10-21(20)28-14-16-5-4-8-18(25)11-16)12-19-22(26-29-23(19)27)17-6-2-1-3-7-17/h1-13H,14H2/b19-12-. The van der Waals surface area contributed by atoms with Gasteiger partial charge in [0.2, 0.25) is 0 Å². The van der Waals surface area contributed by atoms with Crippen LogP contribution in [0.2, 0.25) is 0 Å². The number of oxime groups is 1. The minimum atomic E-state index is -0.494. The molecule has 1 aliphatic heterocycles. The lowest BCUT2D eigenvalue weighted by Gasteiger charge is -2.09.